The Kier molecular flexibility index (Phi) is 5.29. The second-order valence-corrected chi connectivity index (χ2v) is 5.94. The van der Waals surface area contributed by atoms with Gasteiger partial charge >= 0.3 is 0 Å². The van der Waals surface area contributed by atoms with E-state index in [9.17, 15) is 0 Å². The fraction of sp³-hybridized carbons (Fsp3) is 0.444. The van der Waals surface area contributed by atoms with E-state index in [0.717, 1.165) is 24.8 Å². The molecule has 122 valence electrons. The van der Waals surface area contributed by atoms with Crippen LogP contribution in [0, 0.1) is 0 Å². The molecule has 5 nitrogen and oxygen atoms in total. The molecule has 23 heavy (non-hydrogen) atoms. The highest BCUT2D eigenvalue weighted by Gasteiger charge is 2.15. The van der Waals surface area contributed by atoms with Gasteiger partial charge in [0.15, 0.2) is 5.82 Å². The monoisotopic (exact) mass is 311 g/mol. The lowest BCUT2D eigenvalue weighted by molar-refractivity contribution is 0.388. The third kappa shape index (κ3) is 4.12. The van der Waals surface area contributed by atoms with Gasteiger partial charge in [-0.25, -0.2) is 9.67 Å². The average Bonchev–Trinajstić information content (AvgIpc) is 3.27. The molecule has 2 aromatic heterocycles. The molecule has 0 aliphatic carbocycles. The molecular weight excluding hydrogens is 286 g/mol. The molecule has 0 fully saturated rings. The average molecular weight is 311 g/mol. The van der Waals surface area contributed by atoms with Crippen LogP contribution < -0.4 is 4.90 Å². The zero-order chi connectivity index (χ0) is 15.9. The van der Waals surface area contributed by atoms with Crippen molar-refractivity contribution >= 4 is 5.82 Å². The van der Waals surface area contributed by atoms with Gasteiger partial charge in [0.2, 0.25) is 0 Å². The van der Waals surface area contributed by atoms with Crippen molar-refractivity contribution in [2.75, 3.05) is 18.1 Å². The van der Waals surface area contributed by atoms with Gasteiger partial charge in [-0.3, -0.25) is 0 Å². The highest BCUT2D eigenvalue weighted by atomic mass is 15.4. The van der Waals surface area contributed by atoms with Crippen LogP contribution in [-0.4, -0.2) is 32.9 Å². The minimum Gasteiger partial charge on any atom is -0.358 e. The highest BCUT2D eigenvalue weighted by Crippen LogP contribution is 2.19. The largest absolute Gasteiger partial charge is 0.358 e. The first-order valence-corrected chi connectivity index (χ1v) is 8.53. The van der Waals surface area contributed by atoms with Crippen LogP contribution in [0.15, 0.2) is 49.1 Å². The van der Waals surface area contributed by atoms with Crippen molar-refractivity contribution < 1.29 is 0 Å². The van der Waals surface area contributed by atoms with Gasteiger partial charge in [-0.05, 0) is 24.6 Å². The van der Waals surface area contributed by atoms with Crippen molar-refractivity contribution in [3.8, 4) is 5.82 Å². The maximum Gasteiger partial charge on any atom is 0.155 e. The summed E-state index contributed by atoms with van der Waals surface area (Å²) in [7, 11) is 0. The van der Waals surface area contributed by atoms with Crippen LogP contribution in [0.1, 0.15) is 39.0 Å². The Hall–Kier alpha value is -2.30. The second-order valence-electron chi connectivity index (χ2n) is 5.94. The van der Waals surface area contributed by atoms with Crippen LogP contribution in [-0.2, 0) is 0 Å². The number of aromatic nitrogens is 3. The molecule has 0 bridgehead atoms. The van der Waals surface area contributed by atoms with Gasteiger partial charge < -0.3 is 9.80 Å². The van der Waals surface area contributed by atoms with E-state index in [1.165, 1.54) is 32.1 Å². The first kappa shape index (κ1) is 15.6. The predicted octanol–water partition coefficient (Wildman–Crippen LogP) is 3.79. The molecule has 0 saturated heterocycles. The first-order valence-electron chi connectivity index (χ1n) is 8.53. The molecule has 0 saturated carbocycles. The van der Waals surface area contributed by atoms with Crippen LogP contribution in [0.5, 0.6) is 0 Å². The lowest BCUT2D eigenvalue weighted by Crippen LogP contribution is -2.26. The van der Waals surface area contributed by atoms with Crippen LogP contribution in [0.2, 0.25) is 0 Å². The summed E-state index contributed by atoms with van der Waals surface area (Å²) >= 11 is 0. The van der Waals surface area contributed by atoms with Crippen molar-refractivity contribution in [1.82, 2.24) is 19.7 Å². The molecule has 0 unspecified atom stereocenters. The van der Waals surface area contributed by atoms with E-state index in [1.54, 1.807) is 10.9 Å². The van der Waals surface area contributed by atoms with E-state index < -0.39 is 0 Å². The van der Waals surface area contributed by atoms with Gasteiger partial charge in [0, 0.05) is 31.3 Å². The minimum atomic E-state index is 0.846. The van der Waals surface area contributed by atoms with Gasteiger partial charge in [-0.1, -0.05) is 38.7 Å². The summed E-state index contributed by atoms with van der Waals surface area (Å²) in [5, 5.41) is 4.24. The summed E-state index contributed by atoms with van der Waals surface area (Å²) in [5.41, 5.74) is 0. The zero-order valence-corrected chi connectivity index (χ0v) is 13.8. The van der Waals surface area contributed by atoms with Crippen molar-refractivity contribution in [1.29, 1.82) is 0 Å². The van der Waals surface area contributed by atoms with E-state index in [0.29, 0.717) is 0 Å². The Labute approximate surface area is 138 Å². The zero-order valence-electron chi connectivity index (χ0n) is 13.8. The van der Waals surface area contributed by atoms with Crippen molar-refractivity contribution in [2.24, 2.45) is 0 Å². The summed E-state index contributed by atoms with van der Waals surface area (Å²) < 4.78 is 1.79. The van der Waals surface area contributed by atoms with Crippen LogP contribution in [0.4, 0.5) is 5.82 Å². The Morgan fingerprint density at radius 1 is 1.00 bits per heavy atom. The second kappa shape index (κ2) is 7.81. The molecule has 1 aliphatic rings. The predicted molar refractivity (Wildman–Crippen MR) is 93.3 cm³/mol. The Morgan fingerprint density at radius 2 is 1.87 bits per heavy atom. The molecule has 5 heteroatoms. The summed E-state index contributed by atoms with van der Waals surface area (Å²) in [4.78, 5) is 9.24. The van der Waals surface area contributed by atoms with Crippen LogP contribution in [0.25, 0.3) is 5.82 Å². The number of rotatable bonds is 8. The van der Waals surface area contributed by atoms with E-state index >= 15 is 0 Å². The Balaban J connectivity index is 1.53. The van der Waals surface area contributed by atoms with Crippen LogP contribution >= 0.6 is 0 Å². The van der Waals surface area contributed by atoms with Gasteiger partial charge in [-0.15, -0.1) is 0 Å². The topological polar surface area (TPSA) is 37.2 Å². The van der Waals surface area contributed by atoms with E-state index in [4.69, 9.17) is 4.98 Å². The molecule has 0 atom stereocenters. The van der Waals surface area contributed by atoms with Gasteiger partial charge in [0.25, 0.3) is 0 Å². The molecule has 0 amide bonds. The molecule has 3 rings (SSSR count). The molecular formula is C18H25N5. The molecule has 0 radical (unpaired) electrons. The fourth-order valence-electron chi connectivity index (χ4n) is 2.78. The number of hydrogen-bond donors (Lipinski definition) is 0. The van der Waals surface area contributed by atoms with Crippen LogP contribution in [0.3, 0.4) is 0 Å². The van der Waals surface area contributed by atoms with Crippen molar-refractivity contribution in [3.05, 3.63) is 49.1 Å². The number of nitrogens with zero attached hydrogens (tertiary/aromatic N) is 5. The summed E-state index contributed by atoms with van der Waals surface area (Å²) in [5.74, 6) is 1.81. The molecule has 3 heterocycles. The number of anilines is 1. The van der Waals surface area contributed by atoms with E-state index in [1.807, 2.05) is 30.5 Å². The summed E-state index contributed by atoms with van der Waals surface area (Å²) in [6, 6.07) is 7.95. The number of unbranched alkanes of at least 4 members (excludes halogenated alkanes) is 4. The molecule has 0 aromatic carbocycles. The fourth-order valence-corrected chi connectivity index (χ4v) is 2.78. The Bertz CT molecular complexity index is 620. The highest BCUT2D eigenvalue weighted by molar-refractivity contribution is 5.46. The molecule has 2 aromatic rings. The van der Waals surface area contributed by atoms with Crippen molar-refractivity contribution in [3.63, 3.8) is 0 Å². The van der Waals surface area contributed by atoms with Gasteiger partial charge in [-0.2, -0.15) is 5.10 Å². The number of hydrogen-bond acceptors (Lipinski definition) is 4. The van der Waals surface area contributed by atoms with Gasteiger partial charge in [0.05, 0.1) is 6.67 Å². The normalized spacial score (nSPS) is 14.0. The molecule has 0 spiro atoms. The van der Waals surface area contributed by atoms with E-state index in [-0.39, 0.29) is 0 Å². The van der Waals surface area contributed by atoms with Gasteiger partial charge in [0.1, 0.15) is 5.82 Å². The van der Waals surface area contributed by atoms with E-state index in [2.05, 4.69) is 34.2 Å². The molecule has 1 aliphatic heterocycles. The first-order chi connectivity index (χ1) is 11.4. The Morgan fingerprint density at radius 3 is 2.70 bits per heavy atom. The lowest BCUT2D eigenvalue weighted by Gasteiger charge is -2.21. The maximum atomic E-state index is 4.70. The van der Waals surface area contributed by atoms with Crippen molar-refractivity contribution in [2.45, 2.75) is 39.0 Å². The third-order valence-electron chi connectivity index (χ3n) is 4.09. The SMILES string of the molecule is CCCCCCCN1C=CN(c2cccc(-n3cccn3)n2)C1. The third-order valence-corrected chi connectivity index (χ3v) is 4.09. The molecule has 0 N–H and O–H groups in total. The maximum absolute atomic E-state index is 4.70. The minimum absolute atomic E-state index is 0.846. The standard InChI is InChI=1S/C18H25N5/c1-2-3-4-5-6-12-21-14-15-22(16-21)17-9-7-10-18(20-17)23-13-8-11-19-23/h7-11,13-15H,2-6,12,16H2,1H3. The lowest BCUT2D eigenvalue weighted by atomic mass is 10.1. The quantitative estimate of drug-likeness (QED) is 0.695. The summed E-state index contributed by atoms with van der Waals surface area (Å²) in [6.07, 6.45) is 14.6. The smallest absolute Gasteiger partial charge is 0.155 e. The summed E-state index contributed by atoms with van der Waals surface area (Å²) in [6.45, 7) is 4.25. The number of pyridine rings is 1.